The van der Waals surface area contributed by atoms with E-state index >= 15 is 0 Å². The highest BCUT2D eigenvalue weighted by molar-refractivity contribution is 6.10. The number of hydrogen-bond donors (Lipinski definition) is 1. The number of carbonyl (C=O) groups is 1. The Morgan fingerprint density at radius 2 is 1.95 bits per heavy atom. The van der Waals surface area contributed by atoms with Crippen LogP contribution in [0.2, 0.25) is 0 Å². The number of fused-ring (bicyclic) bond motifs is 1. The van der Waals surface area contributed by atoms with Crippen LogP contribution in [0.3, 0.4) is 0 Å². The molecule has 3 aromatic heterocycles. The molecule has 1 saturated carbocycles. The Morgan fingerprint density at radius 1 is 1.13 bits per heavy atom. The van der Waals surface area contributed by atoms with Crippen molar-refractivity contribution in [1.82, 2.24) is 24.4 Å². The molecule has 2 aliphatic heterocycles. The normalized spacial score (nSPS) is 19.1. The summed E-state index contributed by atoms with van der Waals surface area (Å²) < 4.78 is 1.70. The van der Waals surface area contributed by atoms with Crippen LogP contribution >= 0.6 is 0 Å². The molecular weight excluding hydrogens is 478 g/mol. The van der Waals surface area contributed by atoms with Gasteiger partial charge in [0.25, 0.3) is 0 Å². The molecule has 5 heterocycles. The van der Waals surface area contributed by atoms with E-state index in [9.17, 15) is 10.1 Å². The van der Waals surface area contributed by atoms with E-state index in [1.54, 1.807) is 24.0 Å². The molecule has 3 fully saturated rings. The number of nitrogens with zero attached hydrogens (tertiary/aromatic N) is 8. The van der Waals surface area contributed by atoms with Crippen LogP contribution in [0.25, 0.3) is 22.2 Å². The Bertz CT molecular complexity index is 1470. The van der Waals surface area contributed by atoms with Crippen LogP contribution < -0.4 is 10.6 Å². The number of piperazine rings is 1. The second kappa shape index (κ2) is 9.49. The minimum Gasteiger partial charge on any atom is -0.404 e. The number of hydrogen-bond acceptors (Lipinski definition) is 7. The van der Waals surface area contributed by atoms with Crippen LogP contribution in [0.1, 0.15) is 30.4 Å². The molecule has 0 radical (unpaired) electrons. The van der Waals surface area contributed by atoms with Gasteiger partial charge in [0.05, 0.1) is 17.3 Å². The number of aliphatic imine (C=N–C) groups is 1. The van der Waals surface area contributed by atoms with Crippen molar-refractivity contribution in [2.24, 2.45) is 16.1 Å². The third kappa shape index (κ3) is 4.24. The quantitative estimate of drug-likeness (QED) is 0.540. The van der Waals surface area contributed by atoms with E-state index < -0.39 is 0 Å². The molecule has 2 saturated heterocycles. The lowest BCUT2D eigenvalue weighted by molar-refractivity contribution is 0.157. The SMILES string of the molecule is CN=CC(=CN)c1cc(-c2ccc(N3CCN(C(=O)N4CCC5(CC5)C4)CC3)nc2)c2c(C#N)cnn2c1. The van der Waals surface area contributed by atoms with Crippen molar-refractivity contribution in [3.05, 3.63) is 54.1 Å². The van der Waals surface area contributed by atoms with Gasteiger partial charge in [-0.25, -0.2) is 14.3 Å². The number of amides is 2. The highest BCUT2D eigenvalue weighted by atomic mass is 16.2. The van der Waals surface area contributed by atoms with E-state index in [1.807, 2.05) is 40.4 Å². The predicted molar refractivity (Wildman–Crippen MR) is 147 cm³/mol. The van der Waals surface area contributed by atoms with E-state index in [0.29, 0.717) is 24.1 Å². The molecule has 10 heteroatoms. The third-order valence-electron chi connectivity index (χ3n) is 8.11. The summed E-state index contributed by atoms with van der Waals surface area (Å²) in [6.45, 7) is 4.72. The van der Waals surface area contributed by atoms with Gasteiger partial charge in [-0.3, -0.25) is 4.99 Å². The van der Waals surface area contributed by atoms with E-state index in [0.717, 1.165) is 66.2 Å². The summed E-state index contributed by atoms with van der Waals surface area (Å²) >= 11 is 0. The third-order valence-corrected chi connectivity index (χ3v) is 8.11. The molecule has 3 aromatic rings. The standard InChI is InChI=1S/C28H31N9O/c1-31-15-22(13-29)21-12-24(26-23(14-30)17-33-37(26)18-21)20-2-3-25(32-16-20)34-8-10-35(11-9-34)27(38)36-7-6-28(19-36)4-5-28/h2-3,12-13,15-18H,4-11,19,29H2,1H3. The lowest BCUT2D eigenvalue weighted by atomic mass is 10.0. The summed E-state index contributed by atoms with van der Waals surface area (Å²) in [5, 5.41) is 14.1. The Morgan fingerprint density at radius 3 is 2.58 bits per heavy atom. The van der Waals surface area contributed by atoms with Gasteiger partial charge in [-0.1, -0.05) is 0 Å². The first-order valence-corrected chi connectivity index (χ1v) is 13.1. The Balaban J connectivity index is 1.21. The zero-order valence-electron chi connectivity index (χ0n) is 21.5. The molecular formula is C28H31N9O. The fraction of sp³-hybridized carbons (Fsp3) is 0.393. The lowest BCUT2D eigenvalue weighted by Gasteiger charge is -2.37. The molecule has 1 spiro atoms. The van der Waals surface area contributed by atoms with Crippen molar-refractivity contribution < 1.29 is 4.79 Å². The summed E-state index contributed by atoms with van der Waals surface area (Å²) in [5.74, 6) is 0.876. The van der Waals surface area contributed by atoms with Crippen molar-refractivity contribution >= 4 is 29.2 Å². The Hall–Kier alpha value is -4.39. The molecule has 0 atom stereocenters. The Labute approximate surface area is 221 Å². The summed E-state index contributed by atoms with van der Waals surface area (Å²) in [6.07, 6.45) is 12.2. The monoisotopic (exact) mass is 509 g/mol. The topological polar surface area (TPSA) is 119 Å². The number of nitriles is 1. The zero-order chi connectivity index (χ0) is 26.3. The zero-order valence-corrected chi connectivity index (χ0v) is 21.5. The summed E-state index contributed by atoms with van der Waals surface area (Å²) in [6, 6.07) is 8.44. The molecule has 0 aromatic carbocycles. The first-order valence-electron chi connectivity index (χ1n) is 13.1. The fourth-order valence-electron chi connectivity index (χ4n) is 5.68. The van der Waals surface area contributed by atoms with Crippen molar-refractivity contribution in [3.63, 3.8) is 0 Å². The van der Waals surface area contributed by atoms with Gasteiger partial charge in [0, 0.05) is 93.4 Å². The van der Waals surface area contributed by atoms with Crippen molar-refractivity contribution in [2.75, 3.05) is 51.2 Å². The highest BCUT2D eigenvalue weighted by Gasteiger charge is 2.49. The van der Waals surface area contributed by atoms with Crippen LogP contribution in [0.4, 0.5) is 10.6 Å². The van der Waals surface area contributed by atoms with Gasteiger partial charge < -0.3 is 20.4 Å². The molecule has 10 nitrogen and oxygen atoms in total. The summed E-state index contributed by atoms with van der Waals surface area (Å²) in [5.41, 5.74) is 10.8. The number of nitrogens with two attached hydrogens (primary N) is 1. The van der Waals surface area contributed by atoms with Gasteiger partial charge in [0.15, 0.2) is 0 Å². The largest absolute Gasteiger partial charge is 0.404 e. The number of aromatic nitrogens is 3. The number of allylic oxidation sites excluding steroid dienone is 1. The van der Waals surface area contributed by atoms with Gasteiger partial charge in [0.1, 0.15) is 11.9 Å². The minimum atomic E-state index is 0.189. The van der Waals surface area contributed by atoms with Crippen LogP contribution in [-0.4, -0.2) is 83.0 Å². The molecule has 1 aliphatic carbocycles. The number of urea groups is 1. The minimum absolute atomic E-state index is 0.189. The maximum atomic E-state index is 13.0. The van der Waals surface area contributed by atoms with Gasteiger partial charge in [-0.05, 0) is 42.9 Å². The molecule has 3 aliphatic rings. The smallest absolute Gasteiger partial charge is 0.320 e. The fourth-order valence-corrected chi connectivity index (χ4v) is 5.68. The van der Waals surface area contributed by atoms with E-state index in [1.165, 1.54) is 19.0 Å². The summed E-state index contributed by atoms with van der Waals surface area (Å²) in [4.78, 5) is 28.1. The van der Waals surface area contributed by atoms with Gasteiger partial charge in [-0.15, -0.1) is 0 Å². The van der Waals surface area contributed by atoms with Gasteiger partial charge in [-0.2, -0.15) is 10.4 Å². The van der Waals surface area contributed by atoms with Crippen LogP contribution in [0, 0.1) is 16.7 Å². The Kier molecular flexibility index (Phi) is 5.98. The number of pyridine rings is 2. The number of rotatable bonds is 4. The van der Waals surface area contributed by atoms with E-state index in [2.05, 4.69) is 21.1 Å². The molecule has 2 amide bonds. The molecule has 0 unspecified atom stereocenters. The van der Waals surface area contributed by atoms with Crippen molar-refractivity contribution in [1.29, 1.82) is 5.26 Å². The second-order valence-electron chi connectivity index (χ2n) is 10.4. The summed E-state index contributed by atoms with van der Waals surface area (Å²) in [7, 11) is 1.69. The number of anilines is 1. The maximum absolute atomic E-state index is 13.0. The van der Waals surface area contributed by atoms with Crippen molar-refractivity contribution in [3.8, 4) is 17.2 Å². The maximum Gasteiger partial charge on any atom is 0.320 e. The van der Waals surface area contributed by atoms with Crippen LogP contribution in [0.15, 0.2) is 48.0 Å². The number of likely N-dealkylation sites (tertiary alicyclic amines) is 1. The van der Waals surface area contributed by atoms with Crippen molar-refractivity contribution in [2.45, 2.75) is 19.3 Å². The molecule has 0 bridgehead atoms. The average Bonchev–Trinajstić information content (AvgIpc) is 3.38. The average molecular weight is 510 g/mol. The molecule has 194 valence electrons. The predicted octanol–water partition coefficient (Wildman–Crippen LogP) is 3.00. The highest BCUT2D eigenvalue weighted by Crippen LogP contribution is 2.52. The van der Waals surface area contributed by atoms with Crippen LogP contribution in [-0.2, 0) is 0 Å². The van der Waals surface area contributed by atoms with E-state index in [-0.39, 0.29) is 6.03 Å². The second-order valence-corrected chi connectivity index (χ2v) is 10.4. The van der Waals surface area contributed by atoms with Gasteiger partial charge >= 0.3 is 6.03 Å². The number of carbonyl (C=O) groups excluding carboxylic acids is 1. The lowest BCUT2D eigenvalue weighted by Crippen LogP contribution is -2.52. The molecule has 2 N–H and O–H groups in total. The molecule has 38 heavy (non-hydrogen) atoms. The van der Waals surface area contributed by atoms with Crippen LogP contribution in [0.5, 0.6) is 0 Å². The molecule has 6 rings (SSSR count). The van der Waals surface area contributed by atoms with E-state index in [4.69, 9.17) is 10.7 Å². The first-order chi connectivity index (χ1) is 18.5. The van der Waals surface area contributed by atoms with Gasteiger partial charge in [0.2, 0.25) is 0 Å². The first kappa shape index (κ1) is 24.0.